The van der Waals surface area contributed by atoms with Crippen LogP contribution in [0.25, 0.3) is 11.3 Å². The van der Waals surface area contributed by atoms with Crippen LogP contribution in [0, 0.1) is 0 Å². The molecule has 0 aliphatic heterocycles. The van der Waals surface area contributed by atoms with Crippen LogP contribution in [-0.4, -0.2) is 22.6 Å². The number of H-pyrrole nitrogens is 1. The van der Waals surface area contributed by atoms with E-state index in [1.807, 2.05) is 30.3 Å². The highest BCUT2D eigenvalue weighted by molar-refractivity contribution is 5.90. The number of aromatic nitrogens is 2. The molecule has 0 spiro atoms. The van der Waals surface area contributed by atoms with Gasteiger partial charge in [-0.1, -0.05) is 12.1 Å². The first-order valence-electron chi connectivity index (χ1n) is 6.39. The fourth-order valence-electron chi connectivity index (χ4n) is 1.80. The van der Waals surface area contributed by atoms with Crippen LogP contribution in [0.4, 0.5) is 5.69 Å². The molecule has 0 fully saturated rings. The Bertz CT molecular complexity index is 505. The van der Waals surface area contributed by atoms with Gasteiger partial charge in [0.05, 0.1) is 5.69 Å². The van der Waals surface area contributed by atoms with E-state index in [1.165, 1.54) is 0 Å². The number of carbonyl (C=O) groups excluding carboxylic acids is 1. The lowest BCUT2D eigenvalue weighted by Crippen LogP contribution is -2.11. The van der Waals surface area contributed by atoms with E-state index in [9.17, 15) is 4.79 Å². The van der Waals surface area contributed by atoms with E-state index in [-0.39, 0.29) is 5.91 Å². The van der Waals surface area contributed by atoms with Crippen LogP contribution in [0.15, 0.2) is 36.5 Å². The molecular weight excluding hydrogens is 240 g/mol. The number of nitrogens with zero attached hydrogens (tertiary/aromatic N) is 1. The number of rotatable bonds is 6. The van der Waals surface area contributed by atoms with Gasteiger partial charge in [-0.25, -0.2) is 0 Å². The molecule has 19 heavy (non-hydrogen) atoms. The topological polar surface area (TPSA) is 83.8 Å². The van der Waals surface area contributed by atoms with E-state index in [0.717, 1.165) is 29.8 Å². The molecule has 0 aliphatic carbocycles. The normalized spacial score (nSPS) is 10.4. The average Bonchev–Trinajstić information content (AvgIpc) is 2.94. The van der Waals surface area contributed by atoms with Crippen molar-refractivity contribution in [3.8, 4) is 11.3 Å². The second-order valence-corrected chi connectivity index (χ2v) is 4.34. The first-order chi connectivity index (χ1) is 9.29. The second-order valence-electron chi connectivity index (χ2n) is 4.34. The van der Waals surface area contributed by atoms with E-state index in [2.05, 4.69) is 15.5 Å². The Morgan fingerprint density at radius 3 is 2.63 bits per heavy atom. The van der Waals surface area contributed by atoms with E-state index < -0.39 is 0 Å². The summed E-state index contributed by atoms with van der Waals surface area (Å²) in [6.07, 6.45) is 3.93. The van der Waals surface area contributed by atoms with Gasteiger partial charge in [0.15, 0.2) is 0 Å². The zero-order chi connectivity index (χ0) is 13.5. The molecule has 1 aromatic carbocycles. The smallest absolute Gasteiger partial charge is 0.224 e. The van der Waals surface area contributed by atoms with Crippen molar-refractivity contribution in [2.75, 3.05) is 11.9 Å². The minimum absolute atomic E-state index is 0.0303. The summed E-state index contributed by atoms with van der Waals surface area (Å²) in [5.41, 5.74) is 8.20. The van der Waals surface area contributed by atoms with Gasteiger partial charge in [0.1, 0.15) is 0 Å². The zero-order valence-electron chi connectivity index (χ0n) is 10.7. The summed E-state index contributed by atoms with van der Waals surface area (Å²) >= 11 is 0. The lowest BCUT2D eigenvalue weighted by molar-refractivity contribution is -0.116. The number of nitrogens with one attached hydrogen (secondary N) is 2. The minimum Gasteiger partial charge on any atom is -0.330 e. The Kier molecular flexibility index (Phi) is 4.69. The number of benzene rings is 1. The second kappa shape index (κ2) is 6.70. The van der Waals surface area contributed by atoms with Crippen molar-refractivity contribution in [2.45, 2.75) is 19.3 Å². The zero-order valence-corrected chi connectivity index (χ0v) is 10.7. The Balaban J connectivity index is 1.90. The molecule has 0 radical (unpaired) electrons. The molecule has 4 N–H and O–H groups in total. The summed E-state index contributed by atoms with van der Waals surface area (Å²) in [6, 6.07) is 9.57. The van der Waals surface area contributed by atoms with Crippen LogP contribution in [0.5, 0.6) is 0 Å². The maximum absolute atomic E-state index is 11.6. The number of nitrogens with two attached hydrogens (primary N) is 1. The molecule has 0 atom stereocenters. The number of anilines is 1. The predicted molar refractivity (Wildman–Crippen MR) is 75.6 cm³/mol. The van der Waals surface area contributed by atoms with Crippen LogP contribution >= 0.6 is 0 Å². The van der Waals surface area contributed by atoms with E-state index in [0.29, 0.717) is 13.0 Å². The lowest BCUT2D eigenvalue weighted by Gasteiger charge is -2.05. The van der Waals surface area contributed by atoms with Crippen molar-refractivity contribution in [1.29, 1.82) is 0 Å². The lowest BCUT2D eigenvalue weighted by atomic mass is 10.1. The van der Waals surface area contributed by atoms with E-state index >= 15 is 0 Å². The average molecular weight is 258 g/mol. The minimum atomic E-state index is 0.0303. The molecule has 100 valence electrons. The van der Waals surface area contributed by atoms with Gasteiger partial charge in [0.2, 0.25) is 5.91 Å². The summed E-state index contributed by atoms with van der Waals surface area (Å²) in [5.74, 6) is 0.0303. The molecule has 5 heteroatoms. The van der Waals surface area contributed by atoms with Gasteiger partial charge in [-0.05, 0) is 43.1 Å². The molecule has 0 aliphatic rings. The van der Waals surface area contributed by atoms with Crippen molar-refractivity contribution < 1.29 is 4.79 Å². The molecule has 5 nitrogen and oxygen atoms in total. The van der Waals surface area contributed by atoms with Crippen molar-refractivity contribution in [3.63, 3.8) is 0 Å². The highest BCUT2D eigenvalue weighted by Crippen LogP contribution is 2.18. The van der Waals surface area contributed by atoms with Crippen LogP contribution in [0.1, 0.15) is 19.3 Å². The highest BCUT2D eigenvalue weighted by atomic mass is 16.1. The molecule has 0 unspecified atom stereocenters. The Hall–Kier alpha value is -2.14. The maximum Gasteiger partial charge on any atom is 0.224 e. The summed E-state index contributed by atoms with van der Waals surface area (Å²) in [6.45, 7) is 0.631. The van der Waals surface area contributed by atoms with E-state index in [4.69, 9.17) is 5.73 Å². The van der Waals surface area contributed by atoms with Crippen molar-refractivity contribution >= 4 is 11.6 Å². The molecule has 1 aromatic heterocycles. The quantitative estimate of drug-likeness (QED) is 0.694. The Labute approximate surface area is 112 Å². The predicted octanol–water partition coefficient (Wildman–Crippen LogP) is 2.14. The molecule has 1 amide bonds. The highest BCUT2D eigenvalue weighted by Gasteiger charge is 2.03. The molecular formula is C14H18N4O. The fraction of sp³-hybridized carbons (Fsp3) is 0.286. The monoisotopic (exact) mass is 258 g/mol. The molecule has 2 rings (SSSR count). The molecule has 0 bridgehead atoms. The van der Waals surface area contributed by atoms with Crippen molar-refractivity contribution in [2.24, 2.45) is 5.73 Å². The van der Waals surface area contributed by atoms with Gasteiger partial charge in [-0.15, -0.1) is 0 Å². The summed E-state index contributed by atoms with van der Waals surface area (Å²) in [5, 5.41) is 9.67. The van der Waals surface area contributed by atoms with Gasteiger partial charge in [0, 0.05) is 18.3 Å². The van der Waals surface area contributed by atoms with Crippen LogP contribution in [-0.2, 0) is 4.79 Å². The first-order valence-corrected chi connectivity index (χ1v) is 6.39. The third-order valence-corrected chi connectivity index (χ3v) is 2.84. The number of hydrogen-bond donors (Lipinski definition) is 3. The number of aromatic amines is 1. The van der Waals surface area contributed by atoms with Gasteiger partial charge >= 0.3 is 0 Å². The number of hydrogen-bond acceptors (Lipinski definition) is 3. The largest absolute Gasteiger partial charge is 0.330 e. The van der Waals surface area contributed by atoms with E-state index in [1.54, 1.807) is 6.20 Å². The van der Waals surface area contributed by atoms with Crippen molar-refractivity contribution in [3.05, 3.63) is 36.5 Å². The SMILES string of the molecule is NCCCCC(=O)Nc1ccc(-c2ccn[nH]2)cc1. The summed E-state index contributed by atoms with van der Waals surface area (Å²) in [7, 11) is 0. The third-order valence-electron chi connectivity index (χ3n) is 2.84. The Morgan fingerprint density at radius 2 is 2.00 bits per heavy atom. The van der Waals surface area contributed by atoms with Crippen LogP contribution in [0.3, 0.4) is 0 Å². The van der Waals surface area contributed by atoms with Gasteiger partial charge in [0.25, 0.3) is 0 Å². The van der Waals surface area contributed by atoms with Gasteiger partial charge in [-0.2, -0.15) is 5.10 Å². The van der Waals surface area contributed by atoms with Crippen molar-refractivity contribution in [1.82, 2.24) is 10.2 Å². The fourth-order valence-corrected chi connectivity index (χ4v) is 1.80. The number of amides is 1. The maximum atomic E-state index is 11.6. The van der Waals surface area contributed by atoms with Crippen LogP contribution in [0.2, 0.25) is 0 Å². The summed E-state index contributed by atoms with van der Waals surface area (Å²) < 4.78 is 0. The molecule has 0 saturated carbocycles. The molecule has 0 saturated heterocycles. The number of unbranched alkanes of at least 4 members (excludes halogenated alkanes) is 1. The van der Waals surface area contributed by atoms with Gasteiger partial charge in [-0.3, -0.25) is 9.89 Å². The van der Waals surface area contributed by atoms with Gasteiger partial charge < -0.3 is 11.1 Å². The standard InChI is InChI=1S/C14H18N4O/c15-9-2-1-3-14(19)17-12-6-4-11(5-7-12)13-8-10-16-18-13/h4-8,10H,1-3,9,15H2,(H,16,18)(H,17,19). The summed E-state index contributed by atoms with van der Waals surface area (Å²) in [4.78, 5) is 11.6. The molecule has 1 heterocycles. The third kappa shape index (κ3) is 3.93. The molecule has 2 aromatic rings. The number of carbonyl (C=O) groups is 1. The Morgan fingerprint density at radius 1 is 1.21 bits per heavy atom. The van der Waals surface area contributed by atoms with Crippen LogP contribution < -0.4 is 11.1 Å². The first kappa shape index (κ1) is 13.3.